The number of carbonyl (C=O) groups excluding carboxylic acids is 2. The molecule has 24 heavy (non-hydrogen) atoms. The third-order valence-electron chi connectivity index (χ3n) is 3.48. The summed E-state index contributed by atoms with van der Waals surface area (Å²) in [5.74, 6) is -0.253. The van der Waals surface area contributed by atoms with Gasteiger partial charge in [-0.15, -0.1) is 0 Å². The lowest BCUT2D eigenvalue weighted by Crippen LogP contribution is -2.24. The Labute approximate surface area is 138 Å². The van der Waals surface area contributed by atoms with E-state index in [0.29, 0.717) is 22.5 Å². The molecule has 3 rings (SSSR count). The minimum absolute atomic E-state index is 0.253. The second-order valence-electron chi connectivity index (χ2n) is 5.12. The number of pyridine rings is 1. The van der Waals surface area contributed by atoms with Gasteiger partial charge in [-0.05, 0) is 30.3 Å². The van der Waals surface area contributed by atoms with Gasteiger partial charge in [-0.1, -0.05) is 24.3 Å². The quantitative estimate of drug-likeness (QED) is 0.693. The van der Waals surface area contributed by atoms with Gasteiger partial charge in [0.25, 0.3) is 5.91 Å². The molecule has 0 aliphatic rings. The van der Waals surface area contributed by atoms with E-state index in [9.17, 15) is 9.59 Å². The first-order valence-electron chi connectivity index (χ1n) is 7.41. The number of aromatic nitrogens is 1. The molecule has 3 aromatic rings. The van der Waals surface area contributed by atoms with Crippen LogP contribution in [0, 0.1) is 0 Å². The fourth-order valence-corrected chi connectivity index (χ4v) is 2.35. The molecule has 1 aromatic heterocycles. The Bertz CT molecular complexity index is 903. The lowest BCUT2D eigenvalue weighted by molar-refractivity contribution is 0.102. The Balaban J connectivity index is 1.84. The van der Waals surface area contributed by atoms with E-state index in [1.54, 1.807) is 36.5 Å². The molecule has 120 valence electrons. The maximum atomic E-state index is 12.6. The van der Waals surface area contributed by atoms with Crippen LogP contribution in [0.2, 0.25) is 0 Å². The lowest BCUT2D eigenvalue weighted by atomic mass is 10.1. The van der Waals surface area contributed by atoms with Crippen LogP contribution in [0.15, 0.2) is 60.8 Å². The van der Waals surface area contributed by atoms with Crippen molar-refractivity contribution < 1.29 is 9.59 Å². The first-order chi connectivity index (χ1) is 11.7. The van der Waals surface area contributed by atoms with Gasteiger partial charge >= 0.3 is 6.03 Å². The van der Waals surface area contributed by atoms with E-state index in [2.05, 4.69) is 20.9 Å². The summed E-state index contributed by atoms with van der Waals surface area (Å²) in [6, 6.07) is 15.8. The summed E-state index contributed by atoms with van der Waals surface area (Å²) in [5.41, 5.74) is 2.32. The van der Waals surface area contributed by atoms with Crippen LogP contribution in [-0.2, 0) is 0 Å². The van der Waals surface area contributed by atoms with Crippen molar-refractivity contribution in [2.45, 2.75) is 0 Å². The zero-order valence-electron chi connectivity index (χ0n) is 13.0. The van der Waals surface area contributed by atoms with Crippen LogP contribution in [0.4, 0.5) is 16.2 Å². The number of nitrogens with one attached hydrogen (secondary N) is 3. The largest absolute Gasteiger partial charge is 0.341 e. The van der Waals surface area contributed by atoms with Gasteiger partial charge in [-0.3, -0.25) is 9.78 Å². The zero-order chi connectivity index (χ0) is 16.9. The van der Waals surface area contributed by atoms with Crippen LogP contribution in [-0.4, -0.2) is 24.0 Å². The van der Waals surface area contributed by atoms with Crippen LogP contribution in [0.5, 0.6) is 0 Å². The van der Waals surface area contributed by atoms with E-state index in [1.165, 1.54) is 7.05 Å². The fraction of sp³-hybridized carbons (Fsp3) is 0.0556. The number of amides is 3. The highest BCUT2D eigenvalue weighted by Crippen LogP contribution is 2.19. The average Bonchev–Trinajstić information content (AvgIpc) is 2.61. The van der Waals surface area contributed by atoms with Gasteiger partial charge in [0.2, 0.25) is 0 Å². The highest BCUT2D eigenvalue weighted by molar-refractivity contribution is 6.12. The Hall–Kier alpha value is -3.41. The number of hydrogen-bond donors (Lipinski definition) is 3. The summed E-state index contributed by atoms with van der Waals surface area (Å²) < 4.78 is 0. The number of benzene rings is 2. The first-order valence-corrected chi connectivity index (χ1v) is 7.41. The molecule has 0 spiro atoms. The molecule has 0 aliphatic heterocycles. The molecular weight excluding hydrogens is 304 g/mol. The molecule has 0 unspecified atom stereocenters. The van der Waals surface area contributed by atoms with Crippen LogP contribution < -0.4 is 16.0 Å². The Morgan fingerprint density at radius 2 is 1.62 bits per heavy atom. The van der Waals surface area contributed by atoms with E-state index in [1.807, 2.05) is 24.3 Å². The SMILES string of the molecule is CNC(=O)Nc1cccc(NC(=O)c2cccc3cccnc23)c1. The van der Waals surface area contributed by atoms with E-state index in [4.69, 9.17) is 0 Å². The molecule has 0 radical (unpaired) electrons. The molecule has 0 atom stereocenters. The van der Waals surface area contributed by atoms with Crippen LogP contribution in [0.25, 0.3) is 10.9 Å². The number of urea groups is 1. The number of carbonyl (C=O) groups is 2. The van der Waals surface area contributed by atoms with Gasteiger partial charge in [0.05, 0.1) is 11.1 Å². The normalized spacial score (nSPS) is 10.2. The number of hydrogen-bond acceptors (Lipinski definition) is 3. The molecule has 3 amide bonds. The van der Waals surface area contributed by atoms with Crippen LogP contribution in [0.3, 0.4) is 0 Å². The Kier molecular flexibility index (Phi) is 4.38. The second kappa shape index (κ2) is 6.78. The average molecular weight is 320 g/mol. The number of anilines is 2. The van der Waals surface area contributed by atoms with Gasteiger partial charge in [-0.25, -0.2) is 4.79 Å². The molecule has 0 saturated heterocycles. The Morgan fingerprint density at radius 3 is 2.42 bits per heavy atom. The highest BCUT2D eigenvalue weighted by Gasteiger charge is 2.11. The molecule has 0 saturated carbocycles. The predicted molar refractivity (Wildman–Crippen MR) is 94.2 cm³/mol. The summed E-state index contributed by atoms with van der Waals surface area (Å²) in [4.78, 5) is 28.2. The molecule has 0 fully saturated rings. The van der Waals surface area contributed by atoms with E-state index in [0.717, 1.165) is 5.39 Å². The topological polar surface area (TPSA) is 83.1 Å². The smallest absolute Gasteiger partial charge is 0.318 e. The number of nitrogens with zero attached hydrogens (tertiary/aromatic N) is 1. The molecule has 0 aliphatic carbocycles. The van der Waals surface area contributed by atoms with Crippen molar-refractivity contribution in [2.75, 3.05) is 17.7 Å². The van der Waals surface area contributed by atoms with Crippen molar-refractivity contribution in [3.8, 4) is 0 Å². The van der Waals surface area contributed by atoms with Crippen molar-refractivity contribution in [1.82, 2.24) is 10.3 Å². The predicted octanol–water partition coefficient (Wildman–Crippen LogP) is 3.24. The fourth-order valence-electron chi connectivity index (χ4n) is 2.35. The van der Waals surface area contributed by atoms with Crippen LogP contribution >= 0.6 is 0 Å². The summed E-state index contributed by atoms with van der Waals surface area (Å²) >= 11 is 0. The molecule has 0 bridgehead atoms. The third-order valence-corrected chi connectivity index (χ3v) is 3.48. The third kappa shape index (κ3) is 3.33. The lowest BCUT2D eigenvalue weighted by Gasteiger charge is -2.09. The summed E-state index contributed by atoms with van der Waals surface area (Å²) in [7, 11) is 1.54. The maximum Gasteiger partial charge on any atom is 0.318 e. The number of rotatable bonds is 3. The highest BCUT2D eigenvalue weighted by atomic mass is 16.2. The van der Waals surface area contributed by atoms with Gasteiger partial charge < -0.3 is 16.0 Å². The number of fused-ring (bicyclic) bond motifs is 1. The minimum Gasteiger partial charge on any atom is -0.341 e. The molecule has 2 aromatic carbocycles. The van der Waals surface area contributed by atoms with Crippen LogP contribution in [0.1, 0.15) is 10.4 Å². The van der Waals surface area contributed by atoms with Crippen molar-refractivity contribution in [3.05, 3.63) is 66.4 Å². The van der Waals surface area contributed by atoms with Gasteiger partial charge in [0.1, 0.15) is 0 Å². The molecular formula is C18H16N4O2. The van der Waals surface area contributed by atoms with E-state index < -0.39 is 0 Å². The van der Waals surface area contributed by atoms with Crippen molar-refractivity contribution in [2.24, 2.45) is 0 Å². The second-order valence-corrected chi connectivity index (χ2v) is 5.12. The van der Waals surface area contributed by atoms with E-state index >= 15 is 0 Å². The summed E-state index contributed by atoms with van der Waals surface area (Å²) in [6.07, 6.45) is 1.66. The van der Waals surface area contributed by atoms with E-state index in [-0.39, 0.29) is 11.9 Å². The minimum atomic E-state index is -0.322. The van der Waals surface area contributed by atoms with Crippen molar-refractivity contribution in [3.63, 3.8) is 0 Å². The maximum absolute atomic E-state index is 12.6. The van der Waals surface area contributed by atoms with Gasteiger partial charge in [-0.2, -0.15) is 0 Å². The first kappa shape index (κ1) is 15.5. The van der Waals surface area contributed by atoms with Crippen molar-refractivity contribution >= 4 is 34.2 Å². The Morgan fingerprint density at radius 1 is 0.917 bits per heavy atom. The molecule has 6 heteroatoms. The standard InChI is InChI=1S/C18H16N4O2/c1-19-18(24)22-14-8-3-7-13(11-14)21-17(23)15-9-2-5-12-6-4-10-20-16(12)15/h2-11H,1H3,(H,21,23)(H2,19,22,24). The molecule has 3 N–H and O–H groups in total. The molecule has 6 nitrogen and oxygen atoms in total. The van der Waals surface area contributed by atoms with Gasteiger partial charge in [0, 0.05) is 30.0 Å². The monoisotopic (exact) mass is 320 g/mol. The number of para-hydroxylation sites is 1. The zero-order valence-corrected chi connectivity index (χ0v) is 13.0. The summed E-state index contributed by atoms with van der Waals surface area (Å²) in [6.45, 7) is 0. The summed E-state index contributed by atoms with van der Waals surface area (Å²) in [5, 5.41) is 8.87. The van der Waals surface area contributed by atoms with Gasteiger partial charge in [0.15, 0.2) is 0 Å². The molecule has 1 heterocycles. The van der Waals surface area contributed by atoms with Crippen molar-refractivity contribution in [1.29, 1.82) is 0 Å².